The summed E-state index contributed by atoms with van der Waals surface area (Å²) < 4.78 is 4.79. The van der Waals surface area contributed by atoms with Gasteiger partial charge >= 0.3 is 0 Å². The number of ether oxygens (including phenoxy) is 1. The van der Waals surface area contributed by atoms with Gasteiger partial charge in [-0.15, -0.1) is 0 Å². The lowest BCUT2D eigenvalue weighted by atomic mass is 10.4. The van der Waals surface area contributed by atoms with Gasteiger partial charge in [0.1, 0.15) is 12.6 Å². The first-order valence-electron chi connectivity index (χ1n) is 2.00. The van der Waals surface area contributed by atoms with Gasteiger partial charge in [0.25, 0.3) is 0 Å². The molecule has 1 N–H and O–H groups in total. The molecule has 1 unspecified atom stereocenters. The Morgan fingerprint density at radius 1 is 2.00 bits per heavy atom. The molecule has 1 rings (SSSR count). The van der Waals surface area contributed by atoms with Crippen LogP contribution in [-0.2, 0) is 4.74 Å². The molecule has 0 amide bonds. The van der Waals surface area contributed by atoms with Crippen molar-refractivity contribution in [1.29, 1.82) is 0 Å². The fourth-order valence-electron chi connectivity index (χ4n) is 0.363. The molecule has 0 aromatic heterocycles. The molecule has 38 valence electrons. The van der Waals surface area contributed by atoms with Gasteiger partial charge in [-0.3, -0.25) is 5.43 Å². The van der Waals surface area contributed by atoms with Crippen LogP contribution in [0.3, 0.4) is 0 Å². The van der Waals surface area contributed by atoms with E-state index in [0.29, 0.717) is 0 Å². The van der Waals surface area contributed by atoms with Crippen LogP contribution in [0.25, 0.3) is 0 Å². The number of rotatable bonds is 1. The Labute approximate surface area is 42.4 Å². The maximum atomic E-state index is 4.79. The van der Waals surface area contributed by atoms with E-state index in [0.717, 1.165) is 0 Å². The van der Waals surface area contributed by atoms with E-state index in [1.54, 1.807) is 13.3 Å². The topological polar surface area (TPSA) is 33.6 Å². The normalized spacial score (nSPS) is 27.9. The fraction of sp³-hybridized carbons (Fsp3) is 0.500. The number of hydrogen-bond donors (Lipinski definition) is 1. The third kappa shape index (κ3) is 0.899. The number of methoxy groups -OCH3 is 1. The summed E-state index contributed by atoms with van der Waals surface area (Å²) in [6.07, 6.45) is 1.58. The number of hydrazone groups is 1. The maximum Gasteiger partial charge on any atom is 0.146 e. The zero-order chi connectivity index (χ0) is 5.11. The molecule has 0 aliphatic carbocycles. The second-order valence-corrected chi connectivity index (χ2v) is 1.19. The molecule has 1 heterocycles. The molecule has 0 fully saturated rings. The van der Waals surface area contributed by atoms with E-state index in [1.807, 2.05) is 0 Å². The Morgan fingerprint density at radius 3 is 3.14 bits per heavy atom. The third-order valence-electron chi connectivity index (χ3n) is 0.735. The minimum atomic E-state index is -0.0556. The number of hydrogen-bond acceptors (Lipinski definition) is 3. The molecule has 0 saturated carbocycles. The standard InChI is InChI=1S/C4H6N2O/c1-7-4-2-5-6-3-4/h2,4,6H,1H3. The summed E-state index contributed by atoms with van der Waals surface area (Å²) in [6, 6.07) is 0. The van der Waals surface area contributed by atoms with E-state index < -0.39 is 0 Å². The van der Waals surface area contributed by atoms with Crippen LogP contribution in [0, 0.1) is 6.54 Å². The van der Waals surface area contributed by atoms with Crippen LogP contribution in [0.15, 0.2) is 5.10 Å². The van der Waals surface area contributed by atoms with Gasteiger partial charge in [0.05, 0.1) is 6.21 Å². The maximum absolute atomic E-state index is 4.79. The van der Waals surface area contributed by atoms with E-state index >= 15 is 0 Å². The summed E-state index contributed by atoms with van der Waals surface area (Å²) in [5.74, 6) is 0. The fourth-order valence-corrected chi connectivity index (χ4v) is 0.363. The molecular weight excluding hydrogens is 92.1 g/mol. The highest BCUT2D eigenvalue weighted by molar-refractivity contribution is 5.66. The lowest BCUT2D eigenvalue weighted by Crippen LogP contribution is -2.10. The first-order chi connectivity index (χ1) is 3.43. The van der Waals surface area contributed by atoms with Crippen molar-refractivity contribution in [2.24, 2.45) is 5.10 Å². The van der Waals surface area contributed by atoms with E-state index in [4.69, 9.17) is 4.74 Å². The molecule has 1 atom stereocenters. The minimum absolute atomic E-state index is 0.0556. The molecule has 0 bridgehead atoms. The molecule has 2 radical (unpaired) electrons. The second kappa shape index (κ2) is 1.93. The Hall–Kier alpha value is -0.570. The predicted molar refractivity (Wildman–Crippen MR) is 25.7 cm³/mol. The number of nitrogens with one attached hydrogen (secondary N) is 1. The first kappa shape index (κ1) is 4.59. The van der Waals surface area contributed by atoms with E-state index in [2.05, 4.69) is 17.1 Å². The molecule has 1 aliphatic rings. The number of nitrogens with zero attached hydrogens (tertiary/aromatic N) is 1. The largest absolute Gasteiger partial charge is 0.373 e. The molecular formula is C4H6N2O. The van der Waals surface area contributed by atoms with Crippen molar-refractivity contribution in [2.45, 2.75) is 6.10 Å². The highest BCUT2D eigenvalue weighted by Gasteiger charge is 2.07. The average Bonchev–Trinajstić information content (AvgIpc) is 2.14. The molecule has 3 heteroatoms. The Morgan fingerprint density at radius 2 is 2.86 bits per heavy atom. The molecule has 0 aromatic rings. The van der Waals surface area contributed by atoms with Crippen molar-refractivity contribution < 1.29 is 4.74 Å². The van der Waals surface area contributed by atoms with Gasteiger partial charge in [0.15, 0.2) is 0 Å². The Kier molecular flexibility index (Phi) is 1.26. The van der Waals surface area contributed by atoms with E-state index in [1.165, 1.54) is 0 Å². The van der Waals surface area contributed by atoms with Gasteiger partial charge in [0.2, 0.25) is 0 Å². The van der Waals surface area contributed by atoms with Crippen LogP contribution >= 0.6 is 0 Å². The van der Waals surface area contributed by atoms with Gasteiger partial charge in [-0.25, -0.2) is 0 Å². The monoisotopic (exact) mass is 98.0 g/mol. The summed E-state index contributed by atoms with van der Waals surface area (Å²) in [6.45, 7) is 2.71. The highest BCUT2D eigenvalue weighted by atomic mass is 16.5. The summed E-state index contributed by atoms with van der Waals surface area (Å²) >= 11 is 0. The zero-order valence-electron chi connectivity index (χ0n) is 4.01. The molecule has 0 spiro atoms. The summed E-state index contributed by atoms with van der Waals surface area (Å²) in [5.41, 5.74) is 2.52. The first-order valence-corrected chi connectivity index (χ1v) is 2.00. The van der Waals surface area contributed by atoms with Crippen LogP contribution in [0.5, 0.6) is 0 Å². The van der Waals surface area contributed by atoms with Gasteiger partial charge in [-0.1, -0.05) is 0 Å². The average molecular weight is 98.1 g/mol. The molecule has 1 aliphatic heterocycles. The quantitative estimate of drug-likeness (QED) is 0.485. The van der Waals surface area contributed by atoms with Crippen molar-refractivity contribution in [2.75, 3.05) is 7.11 Å². The summed E-state index contributed by atoms with van der Waals surface area (Å²) in [4.78, 5) is 0. The third-order valence-corrected chi connectivity index (χ3v) is 0.735. The van der Waals surface area contributed by atoms with Gasteiger partial charge in [0, 0.05) is 7.11 Å². The van der Waals surface area contributed by atoms with Crippen molar-refractivity contribution >= 4 is 6.21 Å². The van der Waals surface area contributed by atoms with Crippen LogP contribution < -0.4 is 5.43 Å². The minimum Gasteiger partial charge on any atom is -0.373 e. The van der Waals surface area contributed by atoms with Crippen molar-refractivity contribution in [3.63, 3.8) is 0 Å². The lowest BCUT2D eigenvalue weighted by Gasteiger charge is -1.96. The van der Waals surface area contributed by atoms with Gasteiger partial charge in [-0.2, -0.15) is 5.10 Å². The van der Waals surface area contributed by atoms with E-state index in [-0.39, 0.29) is 6.10 Å². The lowest BCUT2D eigenvalue weighted by molar-refractivity contribution is 0.183. The van der Waals surface area contributed by atoms with Gasteiger partial charge in [-0.05, 0) is 0 Å². The molecule has 3 nitrogen and oxygen atoms in total. The summed E-state index contributed by atoms with van der Waals surface area (Å²) in [5, 5.41) is 3.62. The highest BCUT2D eigenvalue weighted by Crippen LogP contribution is 1.92. The van der Waals surface area contributed by atoms with Crippen LogP contribution in [0.1, 0.15) is 0 Å². The van der Waals surface area contributed by atoms with Crippen LogP contribution in [-0.4, -0.2) is 19.4 Å². The molecule has 7 heavy (non-hydrogen) atoms. The molecule has 0 saturated heterocycles. The second-order valence-electron chi connectivity index (χ2n) is 1.19. The van der Waals surface area contributed by atoms with Crippen molar-refractivity contribution in [3.8, 4) is 0 Å². The smallest absolute Gasteiger partial charge is 0.146 e. The predicted octanol–water partition coefficient (Wildman–Crippen LogP) is -0.371. The van der Waals surface area contributed by atoms with Crippen LogP contribution in [0.4, 0.5) is 0 Å². The SMILES string of the molecule is COC1[C]NN=C1. The van der Waals surface area contributed by atoms with E-state index in [9.17, 15) is 0 Å². The van der Waals surface area contributed by atoms with Crippen LogP contribution in [0.2, 0.25) is 0 Å². The molecule has 0 aromatic carbocycles. The van der Waals surface area contributed by atoms with Crippen molar-refractivity contribution in [3.05, 3.63) is 6.54 Å². The van der Waals surface area contributed by atoms with Crippen molar-refractivity contribution in [1.82, 2.24) is 5.43 Å². The Bertz CT molecular complexity index is 81.8. The zero-order valence-corrected chi connectivity index (χ0v) is 4.01. The Balaban J connectivity index is 2.28. The summed E-state index contributed by atoms with van der Waals surface area (Å²) in [7, 11) is 1.61. The van der Waals surface area contributed by atoms with Gasteiger partial charge < -0.3 is 4.74 Å².